The van der Waals surface area contributed by atoms with Crippen molar-refractivity contribution < 1.29 is 4.79 Å². The van der Waals surface area contributed by atoms with E-state index in [1.54, 1.807) is 6.92 Å². The van der Waals surface area contributed by atoms with E-state index in [-0.39, 0.29) is 18.0 Å². The van der Waals surface area contributed by atoms with Gasteiger partial charge in [-0.3, -0.25) is 14.6 Å². The summed E-state index contributed by atoms with van der Waals surface area (Å²) in [6, 6.07) is 1.86. The highest BCUT2D eigenvalue weighted by atomic mass is 32.2. The summed E-state index contributed by atoms with van der Waals surface area (Å²) in [5.41, 5.74) is 0.852. The quantitative estimate of drug-likeness (QED) is 0.533. The SMILES string of the molecule is Cc1cc(C)nc(SC(C)C(=O)NCc2c[nH]c(=O)[nH]c2=O)n1. The van der Waals surface area contributed by atoms with Crippen molar-refractivity contribution in [2.24, 2.45) is 0 Å². The van der Waals surface area contributed by atoms with Crippen LogP contribution in [0, 0.1) is 13.8 Å². The standard InChI is InChI=1S/C14H17N5O3S/c1-7-4-8(2)18-14(17-7)23-9(3)11(20)15-5-10-6-16-13(22)19-12(10)21/h4,6,9H,5H2,1-3H3,(H,15,20)(H2,16,19,21,22). The van der Waals surface area contributed by atoms with Crippen molar-refractivity contribution in [1.29, 1.82) is 0 Å². The number of nitrogens with zero attached hydrogens (tertiary/aromatic N) is 2. The Morgan fingerprint density at radius 2 is 1.96 bits per heavy atom. The third kappa shape index (κ3) is 4.78. The zero-order valence-electron chi connectivity index (χ0n) is 13.0. The molecular formula is C14H17N5O3S. The first kappa shape index (κ1) is 16.9. The van der Waals surface area contributed by atoms with Crippen molar-refractivity contribution in [1.82, 2.24) is 25.3 Å². The molecule has 2 aromatic rings. The fourth-order valence-electron chi connectivity index (χ4n) is 1.85. The van der Waals surface area contributed by atoms with Gasteiger partial charge in [-0.1, -0.05) is 11.8 Å². The topological polar surface area (TPSA) is 121 Å². The van der Waals surface area contributed by atoms with E-state index in [0.717, 1.165) is 11.4 Å². The Balaban J connectivity index is 1.97. The van der Waals surface area contributed by atoms with Crippen molar-refractivity contribution in [2.45, 2.75) is 37.7 Å². The lowest BCUT2D eigenvalue weighted by molar-refractivity contribution is -0.120. The molecule has 2 aromatic heterocycles. The van der Waals surface area contributed by atoms with Gasteiger partial charge in [0.25, 0.3) is 5.56 Å². The van der Waals surface area contributed by atoms with E-state index in [0.29, 0.717) is 5.16 Å². The summed E-state index contributed by atoms with van der Waals surface area (Å²) in [7, 11) is 0. The second kappa shape index (κ2) is 7.23. The van der Waals surface area contributed by atoms with Crippen LogP contribution in [-0.4, -0.2) is 31.1 Å². The molecule has 0 aliphatic heterocycles. The predicted molar refractivity (Wildman–Crippen MR) is 86.4 cm³/mol. The number of amides is 1. The minimum absolute atomic E-state index is 0.0313. The maximum atomic E-state index is 12.1. The van der Waals surface area contributed by atoms with Crippen LogP contribution in [0.25, 0.3) is 0 Å². The Morgan fingerprint density at radius 1 is 1.30 bits per heavy atom. The van der Waals surface area contributed by atoms with E-state index in [2.05, 4.69) is 25.3 Å². The highest BCUT2D eigenvalue weighted by molar-refractivity contribution is 8.00. The Kier molecular flexibility index (Phi) is 5.32. The first-order chi connectivity index (χ1) is 10.8. The zero-order valence-corrected chi connectivity index (χ0v) is 13.8. The lowest BCUT2D eigenvalue weighted by Gasteiger charge is -2.11. The molecule has 0 aliphatic rings. The number of hydrogen-bond acceptors (Lipinski definition) is 6. The summed E-state index contributed by atoms with van der Waals surface area (Å²) in [5, 5.41) is 2.77. The number of carbonyl (C=O) groups excluding carboxylic acids is 1. The normalized spacial score (nSPS) is 12.0. The molecule has 0 bridgehead atoms. The summed E-state index contributed by atoms with van der Waals surface area (Å²) in [6.45, 7) is 5.50. The van der Waals surface area contributed by atoms with Crippen LogP contribution >= 0.6 is 11.8 Å². The summed E-state index contributed by atoms with van der Waals surface area (Å²) >= 11 is 1.24. The molecular weight excluding hydrogens is 318 g/mol. The van der Waals surface area contributed by atoms with E-state index in [1.165, 1.54) is 18.0 Å². The highest BCUT2D eigenvalue weighted by Crippen LogP contribution is 2.20. The molecule has 2 rings (SSSR count). The number of aryl methyl sites for hydroxylation is 2. The van der Waals surface area contributed by atoms with E-state index < -0.39 is 16.5 Å². The molecule has 0 aromatic carbocycles. The molecule has 122 valence electrons. The van der Waals surface area contributed by atoms with Gasteiger partial charge in [-0.2, -0.15) is 0 Å². The van der Waals surface area contributed by atoms with Crippen LogP contribution in [-0.2, 0) is 11.3 Å². The maximum Gasteiger partial charge on any atom is 0.325 e. The lowest BCUT2D eigenvalue weighted by Crippen LogP contribution is -2.34. The summed E-state index contributed by atoms with van der Waals surface area (Å²) < 4.78 is 0. The number of hydrogen-bond donors (Lipinski definition) is 3. The van der Waals surface area contributed by atoms with Gasteiger partial charge in [0.1, 0.15) is 0 Å². The molecule has 0 saturated heterocycles. The van der Waals surface area contributed by atoms with Gasteiger partial charge < -0.3 is 10.3 Å². The molecule has 8 nitrogen and oxygen atoms in total. The van der Waals surface area contributed by atoms with Crippen LogP contribution < -0.4 is 16.6 Å². The van der Waals surface area contributed by atoms with Crippen molar-refractivity contribution in [2.75, 3.05) is 0 Å². The number of H-pyrrole nitrogens is 2. The van der Waals surface area contributed by atoms with Gasteiger partial charge in [-0.05, 0) is 26.8 Å². The van der Waals surface area contributed by atoms with E-state index in [4.69, 9.17) is 0 Å². The van der Waals surface area contributed by atoms with Gasteiger partial charge in [-0.15, -0.1) is 0 Å². The van der Waals surface area contributed by atoms with Crippen LogP contribution in [0.2, 0.25) is 0 Å². The number of aromatic amines is 2. The Morgan fingerprint density at radius 3 is 2.57 bits per heavy atom. The molecule has 0 fully saturated rings. The van der Waals surface area contributed by atoms with Crippen LogP contribution in [0.3, 0.4) is 0 Å². The Bertz CT molecular complexity index is 809. The number of carbonyl (C=O) groups is 1. The van der Waals surface area contributed by atoms with Crippen LogP contribution in [0.1, 0.15) is 23.9 Å². The Labute approximate surface area is 136 Å². The third-order valence-electron chi connectivity index (χ3n) is 2.96. The molecule has 1 unspecified atom stereocenters. The summed E-state index contributed by atoms with van der Waals surface area (Å²) in [6.07, 6.45) is 1.28. The van der Waals surface area contributed by atoms with Gasteiger partial charge in [0.05, 0.1) is 10.8 Å². The van der Waals surface area contributed by atoms with E-state index in [1.807, 2.05) is 19.9 Å². The number of thioether (sulfide) groups is 1. The molecule has 1 atom stereocenters. The average molecular weight is 335 g/mol. The average Bonchev–Trinajstić information content (AvgIpc) is 2.44. The molecule has 2 heterocycles. The fraction of sp³-hybridized carbons (Fsp3) is 0.357. The monoisotopic (exact) mass is 335 g/mol. The van der Waals surface area contributed by atoms with E-state index >= 15 is 0 Å². The van der Waals surface area contributed by atoms with Crippen LogP contribution in [0.4, 0.5) is 0 Å². The zero-order chi connectivity index (χ0) is 17.0. The lowest BCUT2D eigenvalue weighted by atomic mass is 10.3. The Hall–Kier alpha value is -2.42. The maximum absolute atomic E-state index is 12.1. The first-order valence-corrected chi connectivity index (χ1v) is 7.80. The van der Waals surface area contributed by atoms with Gasteiger partial charge in [-0.25, -0.2) is 14.8 Å². The summed E-state index contributed by atoms with van der Waals surface area (Å²) in [5.74, 6) is -0.247. The highest BCUT2D eigenvalue weighted by Gasteiger charge is 2.16. The summed E-state index contributed by atoms with van der Waals surface area (Å²) in [4.78, 5) is 47.6. The van der Waals surface area contributed by atoms with E-state index in [9.17, 15) is 14.4 Å². The van der Waals surface area contributed by atoms with Crippen LogP contribution in [0.5, 0.6) is 0 Å². The molecule has 0 aliphatic carbocycles. The smallest absolute Gasteiger partial charge is 0.325 e. The fourth-order valence-corrected chi connectivity index (χ4v) is 2.75. The van der Waals surface area contributed by atoms with Gasteiger partial charge in [0, 0.05) is 24.1 Å². The largest absolute Gasteiger partial charge is 0.351 e. The van der Waals surface area contributed by atoms with Gasteiger partial charge >= 0.3 is 5.69 Å². The minimum atomic E-state index is -0.582. The number of rotatable bonds is 5. The van der Waals surface area contributed by atoms with Crippen molar-refractivity contribution in [3.63, 3.8) is 0 Å². The minimum Gasteiger partial charge on any atom is -0.351 e. The first-order valence-electron chi connectivity index (χ1n) is 6.92. The van der Waals surface area contributed by atoms with Crippen molar-refractivity contribution in [3.05, 3.63) is 50.1 Å². The second-order valence-corrected chi connectivity index (χ2v) is 6.32. The molecule has 0 saturated carbocycles. The number of aromatic nitrogens is 4. The molecule has 0 spiro atoms. The number of nitrogens with one attached hydrogen (secondary N) is 3. The molecule has 23 heavy (non-hydrogen) atoms. The molecule has 0 radical (unpaired) electrons. The molecule has 1 amide bonds. The van der Waals surface area contributed by atoms with Crippen LogP contribution in [0.15, 0.2) is 27.0 Å². The molecule has 9 heteroatoms. The van der Waals surface area contributed by atoms with Gasteiger partial charge in [0.15, 0.2) is 5.16 Å². The van der Waals surface area contributed by atoms with Gasteiger partial charge in [0.2, 0.25) is 5.91 Å². The third-order valence-corrected chi connectivity index (χ3v) is 3.92. The molecule has 3 N–H and O–H groups in total. The van der Waals surface area contributed by atoms with Crippen molar-refractivity contribution in [3.8, 4) is 0 Å². The van der Waals surface area contributed by atoms with Crippen molar-refractivity contribution >= 4 is 17.7 Å². The second-order valence-electron chi connectivity index (χ2n) is 5.01. The predicted octanol–water partition coefficient (Wildman–Crippen LogP) is 0.267.